The van der Waals surface area contributed by atoms with E-state index in [0.717, 1.165) is 46.2 Å². The quantitative estimate of drug-likeness (QED) is 0.443. The van der Waals surface area contributed by atoms with E-state index >= 15 is 0 Å². The van der Waals surface area contributed by atoms with Gasteiger partial charge in [-0.25, -0.2) is 9.97 Å². The van der Waals surface area contributed by atoms with Crippen LogP contribution in [0.4, 0.5) is 11.8 Å². The molecule has 1 fully saturated rings. The maximum absolute atomic E-state index is 12.9. The number of nitrogens with zero attached hydrogens (tertiary/aromatic N) is 7. The Morgan fingerprint density at radius 3 is 2.79 bits per heavy atom. The minimum atomic E-state index is -1.09. The fourth-order valence-corrected chi connectivity index (χ4v) is 6.64. The van der Waals surface area contributed by atoms with E-state index in [1.165, 1.54) is 0 Å². The Morgan fingerprint density at radius 2 is 2.03 bits per heavy atom. The number of carbonyl (C=O) groups excluding carboxylic acids is 1. The molecular weight excluding hydrogens is 506 g/mol. The molecule has 0 saturated carbocycles. The zero-order chi connectivity index (χ0) is 26.4. The monoisotopic (exact) mass is 539 g/mol. The SMILES string of the molecule is Cc1nn(C)c(C)c1CNC(=O)c1cn2c(n1)CN(c1nc3c(c(NC4CCOCC4)n1)[S+]([O-])CC3)CC2. The van der Waals surface area contributed by atoms with Gasteiger partial charge in [-0.05, 0) is 37.9 Å². The second-order valence-electron chi connectivity index (χ2n) is 10.1. The number of aromatic nitrogens is 6. The molecule has 1 saturated heterocycles. The maximum Gasteiger partial charge on any atom is 0.271 e. The van der Waals surface area contributed by atoms with Crippen LogP contribution in [0.3, 0.4) is 0 Å². The highest BCUT2D eigenvalue weighted by molar-refractivity contribution is 7.91. The summed E-state index contributed by atoms with van der Waals surface area (Å²) in [7, 11) is 1.90. The summed E-state index contributed by atoms with van der Waals surface area (Å²) in [5, 5.41) is 10.9. The number of fused-ring (bicyclic) bond motifs is 2. The molecule has 1 unspecified atom stereocenters. The van der Waals surface area contributed by atoms with Crippen LogP contribution in [0.2, 0.25) is 0 Å². The third kappa shape index (κ3) is 4.74. The average molecular weight is 540 g/mol. The van der Waals surface area contributed by atoms with Crippen LogP contribution in [0.1, 0.15) is 51.8 Å². The number of anilines is 2. The van der Waals surface area contributed by atoms with Gasteiger partial charge in [0.1, 0.15) is 23.0 Å². The summed E-state index contributed by atoms with van der Waals surface area (Å²) in [5.74, 6) is 2.46. The molecule has 6 heterocycles. The molecule has 12 nitrogen and oxygen atoms in total. The van der Waals surface area contributed by atoms with Crippen molar-refractivity contribution >= 4 is 28.8 Å². The Bertz CT molecular complexity index is 1360. The average Bonchev–Trinajstić information content (AvgIpc) is 3.58. The smallest absolute Gasteiger partial charge is 0.271 e. The van der Waals surface area contributed by atoms with Crippen molar-refractivity contribution in [2.24, 2.45) is 7.05 Å². The van der Waals surface area contributed by atoms with Crippen molar-refractivity contribution in [3.8, 4) is 0 Å². The molecule has 6 rings (SSSR count). The van der Waals surface area contributed by atoms with Crippen LogP contribution < -0.4 is 15.5 Å². The van der Waals surface area contributed by atoms with Gasteiger partial charge in [-0.1, -0.05) is 0 Å². The van der Waals surface area contributed by atoms with Crippen molar-refractivity contribution in [3.05, 3.63) is 40.4 Å². The summed E-state index contributed by atoms with van der Waals surface area (Å²) in [6.45, 7) is 7.64. The molecule has 1 atom stereocenters. The molecule has 1 amide bonds. The zero-order valence-electron chi connectivity index (χ0n) is 22.0. The Balaban J connectivity index is 1.18. The van der Waals surface area contributed by atoms with Gasteiger partial charge in [0.05, 0.1) is 12.2 Å². The van der Waals surface area contributed by atoms with Gasteiger partial charge in [0.25, 0.3) is 5.91 Å². The Hall–Kier alpha value is -3.16. The molecule has 38 heavy (non-hydrogen) atoms. The first kappa shape index (κ1) is 25.1. The summed E-state index contributed by atoms with van der Waals surface area (Å²) in [6, 6.07) is 0.244. The number of ether oxygens (including phenoxy) is 1. The van der Waals surface area contributed by atoms with Gasteiger partial charge in [-0.3, -0.25) is 9.48 Å². The minimum absolute atomic E-state index is 0.208. The predicted molar refractivity (Wildman–Crippen MR) is 142 cm³/mol. The van der Waals surface area contributed by atoms with Crippen molar-refractivity contribution < 1.29 is 14.1 Å². The van der Waals surface area contributed by atoms with Gasteiger partial charge >= 0.3 is 0 Å². The fraction of sp³-hybridized carbons (Fsp3) is 0.560. The number of carbonyl (C=O) groups is 1. The number of rotatable bonds is 6. The molecule has 3 aliphatic rings. The lowest BCUT2D eigenvalue weighted by Gasteiger charge is -2.29. The molecule has 2 N–H and O–H groups in total. The van der Waals surface area contributed by atoms with Gasteiger partial charge in [-0.2, -0.15) is 10.1 Å². The second kappa shape index (κ2) is 10.2. The standard InChI is InChI=1S/C25H33N9O3S/c1-15-18(16(2)32(3)31-15)12-26-24(35)20-13-33-7-8-34(14-21(33)28-20)25-29-19-6-11-38(36)22(19)23(30-25)27-17-4-9-37-10-5-17/h13,17H,4-12,14H2,1-3H3,(H,26,35)(H,27,29,30). The predicted octanol–water partition coefficient (Wildman–Crippen LogP) is 1.23. The van der Waals surface area contributed by atoms with E-state index in [1.54, 1.807) is 0 Å². The lowest BCUT2D eigenvalue weighted by atomic mass is 10.1. The van der Waals surface area contributed by atoms with Crippen LogP contribution in [0.25, 0.3) is 0 Å². The number of hydrogen-bond donors (Lipinski definition) is 2. The van der Waals surface area contributed by atoms with E-state index in [4.69, 9.17) is 14.7 Å². The number of hydrogen-bond acceptors (Lipinski definition) is 9. The summed E-state index contributed by atoms with van der Waals surface area (Å²) < 4.78 is 22.1. The Kier molecular flexibility index (Phi) is 6.74. The van der Waals surface area contributed by atoms with E-state index in [1.807, 2.05) is 36.3 Å². The van der Waals surface area contributed by atoms with Gasteiger partial charge in [0.2, 0.25) is 10.8 Å². The van der Waals surface area contributed by atoms with Crippen LogP contribution >= 0.6 is 0 Å². The Labute approximate surface area is 224 Å². The van der Waals surface area contributed by atoms with Crippen molar-refractivity contribution in [1.29, 1.82) is 0 Å². The highest BCUT2D eigenvalue weighted by atomic mass is 32.2. The maximum atomic E-state index is 12.9. The van der Waals surface area contributed by atoms with Crippen LogP contribution in [0, 0.1) is 13.8 Å². The van der Waals surface area contributed by atoms with Gasteiger partial charge in [-0.15, -0.1) is 0 Å². The topological polar surface area (TPSA) is 138 Å². The minimum Gasteiger partial charge on any atom is -0.611 e. The highest BCUT2D eigenvalue weighted by Gasteiger charge is 2.34. The first-order chi connectivity index (χ1) is 18.4. The summed E-state index contributed by atoms with van der Waals surface area (Å²) in [5.41, 5.74) is 4.22. The van der Waals surface area contributed by atoms with E-state index in [0.29, 0.717) is 69.0 Å². The third-order valence-corrected chi connectivity index (χ3v) is 9.10. The molecule has 0 bridgehead atoms. The molecule has 3 aromatic rings. The first-order valence-corrected chi connectivity index (χ1v) is 14.4. The molecule has 3 aromatic heterocycles. The molecular formula is C25H33N9O3S. The van der Waals surface area contributed by atoms with E-state index in [-0.39, 0.29) is 11.9 Å². The number of nitrogens with one attached hydrogen (secondary N) is 2. The molecule has 3 aliphatic heterocycles. The summed E-state index contributed by atoms with van der Waals surface area (Å²) in [4.78, 5) is 30.1. The Morgan fingerprint density at radius 1 is 1.21 bits per heavy atom. The van der Waals surface area contributed by atoms with E-state index in [2.05, 4.69) is 25.6 Å². The highest BCUT2D eigenvalue weighted by Crippen LogP contribution is 2.34. The largest absolute Gasteiger partial charge is 0.611 e. The third-order valence-electron chi connectivity index (χ3n) is 7.64. The molecule has 0 radical (unpaired) electrons. The molecule has 0 aromatic carbocycles. The van der Waals surface area contributed by atoms with Crippen LogP contribution in [0.15, 0.2) is 11.1 Å². The number of amides is 1. The van der Waals surface area contributed by atoms with Gasteiger partial charge in [0.15, 0.2) is 5.82 Å². The van der Waals surface area contributed by atoms with Gasteiger partial charge < -0.3 is 29.4 Å². The normalized spacial score (nSPS) is 19.4. The van der Waals surface area contributed by atoms with Crippen LogP contribution in [-0.4, -0.2) is 71.3 Å². The van der Waals surface area contributed by atoms with Gasteiger partial charge in [0, 0.05) is 69.8 Å². The molecule has 0 spiro atoms. The van der Waals surface area contributed by atoms with Crippen LogP contribution in [0.5, 0.6) is 0 Å². The lowest BCUT2D eigenvalue weighted by molar-refractivity contribution is 0.0903. The molecule has 13 heteroatoms. The number of aryl methyl sites for hydroxylation is 3. The number of imidazole rings is 1. The lowest BCUT2D eigenvalue weighted by Crippen LogP contribution is -2.35. The van der Waals surface area contributed by atoms with Crippen molar-refractivity contribution in [1.82, 2.24) is 34.6 Å². The molecule has 202 valence electrons. The molecule has 0 aliphatic carbocycles. The van der Waals surface area contributed by atoms with E-state index in [9.17, 15) is 9.35 Å². The summed E-state index contributed by atoms with van der Waals surface area (Å²) in [6.07, 6.45) is 4.29. The first-order valence-electron chi connectivity index (χ1n) is 13.1. The summed E-state index contributed by atoms with van der Waals surface area (Å²) >= 11 is -1.09. The van der Waals surface area contributed by atoms with Crippen molar-refractivity contribution in [3.63, 3.8) is 0 Å². The van der Waals surface area contributed by atoms with Crippen molar-refractivity contribution in [2.75, 3.05) is 35.7 Å². The van der Waals surface area contributed by atoms with Crippen molar-refractivity contribution in [2.45, 2.75) is 63.7 Å². The van der Waals surface area contributed by atoms with E-state index < -0.39 is 11.2 Å². The second-order valence-corrected chi connectivity index (χ2v) is 11.6. The van der Waals surface area contributed by atoms with Crippen LogP contribution in [-0.2, 0) is 49.0 Å². The fourth-order valence-electron chi connectivity index (χ4n) is 5.32. The zero-order valence-corrected chi connectivity index (χ0v) is 22.8.